The molecule has 1 fully saturated rings. The van der Waals surface area contributed by atoms with E-state index in [2.05, 4.69) is 44.2 Å². The summed E-state index contributed by atoms with van der Waals surface area (Å²) in [5.74, 6) is 1.67. The van der Waals surface area contributed by atoms with Gasteiger partial charge in [-0.05, 0) is 18.4 Å². The third-order valence-electron chi connectivity index (χ3n) is 6.08. The maximum Gasteiger partial charge on any atom is 0.320 e. The topological polar surface area (TPSA) is 117 Å². The number of imidazole rings is 1. The van der Waals surface area contributed by atoms with Crippen LogP contribution in [0.15, 0.2) is 25.0 Å². The quantitative estimate of drug-likeness (QED) is 0.244. The number of carbonyl (C=O) groups is 2. The third-order valence-corrected chi connectivity index (χ3v) is 6.08. The van der Waals surface area contributed by atoms with Crippen LogP contribution >= 0.6 is 0 Å². The van der Waals surface area contributed by atoms with Crippen LogP contribution in [-0.2, 0) is 9.53 Å². The van der Waals surface area contributed by atoms with Crippen LogP contribution in [-0.4, -0.2) is 75.9 Å². The van der Waals surface area contributed by atoms with Crippen molar-refractivity contribution in [3.63, 3.8) is 0 Å². The van der Waals surface area contributed by atoms with E-state index < -0.39 is 46.7 Å². The Morgan fingerprint density at radius 2 is 2.13 bits per heavy atom. The van der Waals surface area contributed by atoms with Crippen LogP contribution in [0.3, 0.4) is 0 Å². The minimum Gasteiger partial charge on any atom is -0.383 e. The fourth-order valence-electron chi connectivity index (χ4n) is 4.34. The molecule has 0 bridgehead atoms. The average Bonchev–Trinajstić information content (AvgIpc) is 3.60. The van der Waals surface area contributed by atoms with Crippen molar-refractivity contribution in [1.29, 1.82) is 0 Å². The number of anilines is 1. The highest BCUT2D eigenvalue weighted by Gasteiger charge is 2.36. The number of hydrogen-bond donors (Lipinski definition) is 3. The van der Waals surface area contributed by atoms with Crippen LogP contribution in [0.5, 0.6) is 0 Å². The fraction of sp³-hybridized carbons (Fsp3) is 0.333. The molecule has 1 aliphatic rings. The normalized spacial score (nSPS) is 17.0. The number of hydrogen-bond acceptors (Lipinski definition) is 6. The van der Waals surface area contributed by atoms with E-state index in [4.69, 9.17) is 4.74 Å². The molecule has 0 spiro atoms. The fourth-order valence-corrected chi connectivity index (χ4v) is 4.34. The van der Waals surface area contributed by atoms with Crippen molar-refractivity contribution in [3.05, 3.63) is 53.5 Å². The first-order valence-electron chi connectivity index (χ1n) is 11.3. The van der Waals surface area contributed by atoms with E-state index in [-0.39, 0.29) is 42.2 Å². The van der Waals surface area contributed by atoms with Crippen molar-refractivity contribution in [3.8, 4) is 11.8 Å². The van der Waals surface area contributed by atoms with Gasteiger partial charge in [-0.3, -0.25) is 19.3 Å². The van der Waals surface area contributed by atoms with Crippen molar-refractivity contribution < 1.29 is 31.9 Å². The SMILES string of the molecule is C=CC(=O)N1C[C@@H](NC(=O)c2c(NC)n[nH]c2C#Cc2c(F)cc3c(ncn3C(F)F)c2F)C[C@@H]1COC. The Balaban J connectivity index is 1.62. The number of rotatable bonds is 7. The number of carbonyl (C=O) groups excluding carboxylic acids is 2. The van der Waals surface area contributed by atoms with Crippen LogP contribution in [0, 0.1) is 23.5 Å². The lowest BCUT2D eigenvalue weighted by Crippen LogP contribution is -2.39. The van der Waals surface area contributed by atoms with Gasteiger partial charge in [0.2, 0.25) is 5.91 Å². The number of fused-ring (bicyclic) bond motifs is 1. The van der Waals surface area contributed by atoms with E-state index in [0.717, 1.165) is 0 Å². The molecule has 1 aromatic carbocycles. The van der Waals surface area contributed by atoms with Gasteiger partial charge in [-0.2, -0.15) is 13.9 Å². The molecule has 10 nitrogen and oxygen atoms in total. The summed E-state index contributed by atoms with van der Waals surface area (Å²) in [6.07, 6.45) is 2.31. The van der Waals surface area contributed by atoms with Gasteiger partial charge >= 0.3 is 6.55 Å². The predicted molar refractivity (Wildman–Crippen MR) is 128 cm³/mol. The lowest BCUT2D eigenvalue weighted by atomic mass is 10.1. The Kier molecular flexibility index (Phi) is 7.67. The predicted octanol–water partition coefficient (Wildman–Crippen LogP) is 2.41. The van der Waals surface area contributed by atoms with Crippen molar-refractivity contribution >= 4 is 28.7 Å². The van der Waals surface area contributed by atoms with Crippen molar-refractivity contribution in [1.82, 2.24) is 30.0 Å². The molecule has 38 heavy (non-hydrogen) atoms. The van der Waals surface area contributed by atoms with E-state index in [1.54, 1.807) is 4.90 Å². The lowest BCUT2D eigenvalue weighted by Gasteiger charge is -2.22. The number of alkyl halides is 2. The van der Waals surface area contributed by atoms with Crippen LogP contribution in [0.2, 0.25) is 0 Å². The number of likely N-dealkylation sites (tertiary alicyclic amines) is 1. The molecule has 3 heterocycles. The molecule has 0 aliphatic carbocycles. The first kappa shape index (κ1) is 26.7. The highest BCUT2D eigenvalue weighted by molar-refractivity contribution is 6.01. The van der Waals surface area contributed by atoms with Gasteiger partial charge in [0.05, 0.1) is 23.7 Å². The molecule has 0 unspecified atom stereocenters. The molecule has 1 saturated heterocycles. The number of ether oxygens (including phenoxy) is 1. The van der Waals surface area contributed by atoms with E-state index in [9.17, 15) is 27.2 Å². The second-order valence-electron chi connectivity index (χ2n) is 8.38. The molecule has 14 heteroatoms. The number of benzene rings is 1. The molecule has 3 aromatic rings. The van der Waals surface area contributed by atoms with Gasteiger partial charge in [0.25, 0.3) is 5.91 Å². The molecule has 1 aliphatic heterocycles. The van der Waals surface area contributed by atoms with Gasteiger partial charge in [-0.1, -0.05) is 12.5 Å². The summed E-state index contributed by atoms with van der Waals surface area (Å²) in [5, 5.41) is 12.1. The van der Waals surface area contributed by atoms with Crippen LogP contribution < -0.4 is 10.6 Å². The zero-order chi connectivity index (χ0) is 27.6. The number of methoxy groups -OCH3 is 1. The Labute approximate surface area is 214 Å². The van der Waals surface area contributed by atoms with E-state index in [0.29, 0.717) is 23.4 Å². The lowest BCUT2D eigenvalue weighted by molar-refractivity contribution is -0.127. The number of nitrogens with one attached hydrogen (secondary N) is 3. The van der Waals surface area contributed by atoms with E-state index in [1.165, 1.54) is 20.2 Å². The summed E-state index contributed by atoms with van der Waals surface area (Å²) in [6, 6.07) is 0.0281. The van der Waals surface area contributed by atoms with E-state index >= 15 is 0 Å². The van der Waals surface area contributed by atoms with Gasteiger partial charge in [0.15, 0.2) is 11.6 Å². The first-order valence-corrected chi connectivity index (χ1v) is 11.3. The molecular formula is C24H23F4N7O3. The molecule has 2 atom stereocenters. The standard InChI is InChI=1S/C24H23F4N7O3/c1-4-18(36)34-9-12(7-13(34)10-38-3)31-23(37)19-16(32-33-22(19)29-2)6-5-14-15(25)8-17-21(20(14)26)30-11-35(17)24(27)28/h4,8,11-13,24H,1,7,9-10H2,2-3H3,(H,31,37)(H2,29,32,33)/t12-,13+/m0/s1. The Bertz CT molecular complexity index is 1460. The highest BCUT2D eigenvalue weighted by atomic mass is 19.3. The minimum atomic E-state index is -3.03. The summed E-state index contributed by atoms with van der Waals surface area (Å²) < 4.78 is 61.2. The number of nitrogens with zero attached hydrogens (tertiary/aromatic N) is 4. The van der Waals surface area contributed by atoms with Crippen LogP contribution in [0.4, 0.5) is 23.4 Å². The van der Waals surface area contributed by atoms with Crippen molar-refractivity contribution in [2.45, 2.75) is 25.1 Å². The Morgan fingerprint density at radius 3 is 2.79 bits per heavy atom. The van der Waals surface area contributed by atoms with Crippen LogP contribution in [0.1, 0.15) is 34.6 Å². The molecule has 2 amide bonds. The second kappa shape index (κ2) is 10.9. The minimum absolute atomic E-state index is 0.0133. The molecule has 0 saturated carbocycles. The summed E-state index contributed by atoms with van der Waals surface area (Å²) in [6.45, 7) is 0.956. The van der Waals surface area contributed by atoms with Crippen molar-refractivity contribution in [2.24, 2.45) is 0 Å². The molecular weight excluding hydrogens is 510 g/mol. The third kappa shape index (κ3) is 4.92. The van der Waals surface area contributed by atoms with Crippen LogP contribution in [0.25, 0.3) is 11.0 Å². The summed E-state index contributed by atoms with van der Waals surface area (Å²) >= 11 is 0. The number of amides is 2. The Hall–Kier alpha value is -4.38. The summed E-state index contributed by atoms with van der Waals surface area (Å²) in [5.41, 5.74) is -1.66. The first-order chi connectivity index (χ1) is 18.2. The smallest absolute Gasteiger partial charge is 0.320 e. The molecule has 200 valence electrons. The van der Waals surface area contributed by atoms with Crippen molar-refractivity contribution in [2.75, 3.05) is 32.6 Å². The summed E-state index contributed by atoms with van der Waals surface area (Å²) in [7, 11) is 3.03. The molecule has 3 N–H and O–H groups in total. The zero-order valence-corrected chi connectivity index (χ0v) is 20.3. The maximum absolute atomic E-state index is 14.9. The highest BCUT2D eigenvalue weighted by Crippen LogP contribution is 2.26. The second-order valence-corrected chi connectivity index (χ2v) is 8.38. The largest absolute Gasteiger partial charge is 0.383 e. The number of halogens is 4. The Morgan fingerprint density at radius 1 is 1.37 bits per heavy atom. The van der Waals surface area contributed by atoms with Gasteiger partial charge in [-0.15, -0.1) is 0 Å². The number of aromatic amines is 1. The van der Waals surface area contributed by atoms with Gasteiger partial charge < -0.3 is 20.3 Å². The monoisotopic (exact) mass is 533 g/mol. The number of aromatic nitrogens is 4. The van der Waals surface area contributed by atoms with Gasteiger partial charge in [0, 0.05) is 32.8 Å². The number of H-pyrrole nitrogens is 1. The molecule has 2 aromatic heterocycles. The summed E-state index contributed by atoms with van der Waals surface area (Å²) in [4.78, 5) is 30.5. The van der Waals surface area contributed by atoms with E-state index in [1.807, 2.05) is 0 Å². The maximum atomic E-state index is 14.9. The zero-order valence-electron chi connectivity index (χ0n) is 20.3. The molecule has 4 rings (SSSR count). The van der Waals surface area contributed by atoms with Gasteiger partial charge in [-0.25, -0.2) is 13.8 Å². The molecule has 0 radical (unpaired) electrons. The van der Waals surface area contributed by atoms with Gasteiger partial charge in [0.1, 0.15) is 28.9 Å². The average molecular weight is 533 g/mol.